The second kappa shape index (κ2) is 4.90. The van der Waals surface area contributed by atoms with Gasteiger partial charge in [0, 0.05) is 21.2 Å². The van der Waals surface area contributed by atoms with Gasteiger partial charge < -0.3 is 5.73 Å². The molecule has 0 aliphatic rings. The molecule has 0 fully saturated rings. The quantitative estimate of drug-likeness (QED) is 0.502. The number of benzene rings is 3. The number of anilines is 1. The third-order valence-corrected chi connectivity index (χ3v) is 5.05. The van der Waals surface area contributed by atoms with Crippen LogP contribution in [0.5, 0.6) is 0 Å². The Balaban J connectivity index is 1.89. The van der Waals surface area contributed by atoms with Crippen molar-refractivity contribution in [3.05, 3.63) is 77.9 Å². The molecule has 0 unspecified atom stereocenters. The van der Waals surface area contributed by atoms with E-state index in [9.17, 15) is 0 Å². The van der Waals surface area contributed by atoms with E-state index in [4.69, 9.17) is 5.73 Å². The van der Waals surface area contributed by atoms with Crippen molar-refractivity contribution >= 4 is 37.2 Å². The van der Waals surface area contributed by atoms with Crippen LogP contribution < -0.4 is 5.73 Å². The molecule has 0 saturated heterocycles. The van der Waals surface area contributed by atoms with E-state index >= 15 is 0 Å². The lowest BCUT2D eigenvalue weighted by Gasteiger charge is -2.05. The molecule has 102 valence electrons. The van der Waals surface area contributed by atoms with Gasteiger partial charge in [0.25, 0.3) is 0 Å². The summed E-state index contributed by atoms with van der Waals surface area (Å²) in [6, 6.07) is 23.5. The molecule has 2 heteroatoms. The number of nitrogens with two attached hydrogens (primary N) is 1. The zero-order valence-corrected chi connectivity index (χ0v) is 12.4. The van der Waals surface area contributed by atoms with Gasteiger partial charge in [0.1, 0.15) is 0 Å². The van der Waals surface area contributed by atoms with Crippen molar-refractivity contribution in [2.75, 3.05) is 5.73 Å². The zero-order valence-electron chi connectivity index (χ0n) is 11.5. The standard InChI is InChI=1S/C19H15NS/c20-17-12-14(10-13-6-2-1-3-7-13)11-16-15-8-4-5-9-18(15)21-19(16)17/h1-9,11-12H,10,20H2. The minimum Gasteiger partial charge on any atom is -0.398 e. The van der Waals surface area contributed by atoms with Crippen molar-refractivity contribution in [3.8, 4) is 0 Å². The Bertz CT molecular complexity index is 922. The van der Waals surface area contributed by atoms with Gasteiger partial charge in [-0.2, -0.15) is 0 Å². The minimum absolute atomic E-state index is 0.889. The molecule has 4 rings (SSSR count). The Morgan fingerprint density at radius 3 is 2.38 bits per heavy atom. The van der Waals surface area contributed by atoms with Crippen LogP contribution in [0.15, 0.2) is 66.7 Å². The number of rotatable bonds is 2. The normalized spacial score (nSPS) is 11.2. The van der Waals surface area contributed by atoms with Crippen LogP contribution >= 0.6 is 11.3 Å². The molecule has 0 aliphatic carbocycles. The first kappa shape index (κ1) is 12.4. The van der Waals surface area contributed by atoms with Crippen molar-refractivity contribution in [3.63, 3.8) is 0 Å². The molecule has 1 aromatic heterocycles. The first-order valence-electron chi connectivity index (χ1n) is 7.05. The predicted molar refractivity (Wildman–Crippen MR) is 93.0 cm³/mol. The summed E-state index contributed by atoms with van der Waals surface area (Å²) in [6.07, 6.45) is 0.922. The van der Waals surface area contributed by atoms with Crippen LogP contribution in [0.4, 0.5) is 5.69 Å². The molecular weight excluding hydrogens is 274 g/mol. The molecule has 0 radical (unpaired) electrons. The van der Waals surface area contributed by atoms with E-state index in [0.717, 1.165) is 12.1 Å². The monoisotopic (exact) mass is 289 g/mol. The smallest absolute Gasteiger partial charge is 0.0585 e. The summed E-state index contributed by atoms with van der Waals surface area (Å²) in [5.74, 6) is 0. The average molecular weight is 289 g/mol. The fraction of sp³-hybridized carbons (Fsp3) is 0.0526. The molecule has 3 aromatic carbocycles. The van der Waals surface area contributed by atoms with Crippen molar-refractivity contribution < 1.29 is 0 Å². The molecule has 21 heavy (non-hydrogen) atoms. The van der Waals surface area contributed by atoms with Crippen LogP contribution in [0.3, 0.4) is 0 Å². The summed E-state index contributed by atoms with van der Waals surface area (Å²) in [6.45, 7) is 0. The summed E-state index contributed by atoms with van der Waals surface area (Å²) in [7, 11) is 0. The molecule has 0 saturated carbocycles. The van der Waals surface area contributed by atoms with E-state index < -0.39 is 0 Å². The molecule has 0 aliphatic heterocycles. The highest BCUT2D eigenvalue weighted by Crippen LogP contribution is 2.38. The number of thiophene rings is 1. The van der Waals surface area contributed by atoms with Crippen molar-refractivity contribution in [2.45, 2.75) is 6.42 Å². The Morgan fingerprint density at radius 1 is 0.762 bits per heavy atom. The largest absolute Gasteiger partial charge is 0.398 e. The highest BCUT2D eigenvalue weighted by Gasteiger charge is 2.09. The van der Waals surface area contributed by atoms with Crippen molar-refractivity contribution in [2.24, 2.45) is 0 Å². The second-order valence-corrected chi connectivity index (χ2v) is 6.37. The van der Waals surface area contributed by atoms with E-state index in [1.54, 1.807) is 11.3 Å². The van der Waals surface area contributed by atoms with E-state index in [0.29, 0.717) is 0 Å². The molecular formula is C19H15NS. The molecule has 1 nitrogen and oxygen atoms in total. The van der Waals surface area contributed by atoms with E-state index in [-0.39, 0.29) is 0 Å². The number of hydrogen-bond donors (Lipinski definition) is 1. The van der Waals surface area contributed by atoms with Crippen LogP contribution in [-0.4, -0.2) is 0 Å². The maximum atomic E-state index is 6.28. The second-order valence-electron chi connectivity index (χ2n) is 5.32. The molecule has 2 N–H and O–H groups in total. The molecule has 0 bridgehead atoms. The average Bonchev–Trinajstić information content (AvgIpc) is 2.88. The van der Waals surface area contributed by atoms with E-state index in [2.05, 4.69) is 60.7 Å². The lowest BCUT2D eigenvalue weighted by atomic mass is 10.0. The Hall–Kier alpha value is -2.32. The van der Waals surface area contributed by atoms with Crippen molar-refractivity contribution in [1.82, 2.24) is 0 Å². The van der Waals surface area contributed by atoms with Gasteiger partial charge in [0.15, 0.2) is 0 Å². The Kier molecular flexibility index (Phi) is 2.90. The fourth-order valence-corrected chi connectivity index (χ4v) is 3.96. The van der Waals surface area contributed by atoms with Gasteiger partial charge >= 0.3 is 0 Å². The van der Waals surface area contributed by atoms with Crippen LogP contribution in [0, 0.1) is 0 Å². The van der Waals surface area contributed by atoms with E-state index in [1.165, 1.54) is 31.3 Å². The maximum Gasteiger partial charge on any atom is 0.0585 e. The van der Waals surface area contributed by atoms with Crippen LogP contribution in [0.2, 0.25) is 0 Å². The maximum absolute atomic E-state index is 6.28. The summed E-state index contributed by atoms with van der Waals surface area (Å²) in [4.78, 5) is 0. The highest BCUT2D eigenvalue weighted by atomic mass is 32.1. The summed E-state index contributed by atoms with van der Waals surface area (Å²) < 4.78 is 2.50. The first-order chi connectivity index (χ1) is 10.3. The minimum atomic E-state index is 0.889. The predicted octanol–water partition coefficient (Wildman–Crippen LogP) is 5.23. The number of hydrogen-bond acceptors (Lipinski definition) is 2. The lowest BCUT2D eigenvalue weighted by molar-refractivity contribution is 1.20. The number of nitrogen functional groups attached to an aromatic ring is 1. The fourth-order valence-electron chi connectivity index (χ4n) is 2.85. The molecule has 0 atom stereocenters. The van der Waals surface area contributed by atoms with Gasteiger partial charge in [-0.1, -0.05) is 48.5 Å². The van der Waals surface area contributed by atoms with Gasteiger partial charge in [0.05, 0.1) is 4.70 Å². The first-order valence-corrected chi connectivity index (χ1v) is 7.86. The van der Waals surface area contributed by atoms with Gasteiger partial charge in [-0.05, 0) is 35.7 Å². The lowest BCUT2D eigenvalue weighted by Crippen LogP contribution is -1.91. The van der Waals surface area contributed by atoms with Gasteiger partial charge in [-0.3, -0.25) is 0 Å². The zero-order chi connectivity index (χ0) is 14.2. The van der Waals surface area contributed by atoms with Crippen LogP contribution in [-0.2, 0) is 6.42 Å². The molecule has 0 amide bonds. The third kappa shape index (κ3) is 2.18. The molecule has 0 spiro atoms. The van der Waals surface area contributed by atoms with Crippen molar-refractivity contribution in [1.29, 1.82) is 0 Å². The van der Waals surface area contributed by atoms with E-state index in [1.807, 2.05) is 6.07 Å². The number of fused-ring (bicyclic) bond motifs is 3. The van der Waals surface area contributed by atoms with Gasteiger partial charge in [0.2, 0.25) is 0 Å². The topological polar surface area (TPSA) is 26.0 Å². The molecule has 1 heterocycles. The summed E-state index contributed by atoms with van der Waals surface area (Å²) in [5, 5.41) is 2.58. The third-order valence-electron chi connectivity index (χ3n) is 3.82. The van der Waals surface area contributed by atoms with Gasteiger partial charge in [-0.15, -0.1) is 11.3 Å². The van der Waals surface area contributed by atoms with Crippen LogP contribution in [0.25, 0.3) is 20.2 Å². The summed E-state index contributed by atoms with van der Waals surface area (Å²) >= 11 is 1.78. The Morgan fingerprint density at radius 2 is 1.52 bits per heavy atom. The SMILES string of the molecule is Nc1cc(Cc2ccccc2)cc2c1sc1ccccc12. The van der Waals surface area contributed by atoms with Gasteiger partial charge in [-0.25, -0.2) is 0 Å². The highest BCUT2D eigenvalue weighted by molar-refractivity contribution is 7.26. The Labute approximate surface area is 127 Å². The van der Waals surface area contributed by atoms with Crippen LogP contribution in [0.1, 0.15) is 11.1 Å². The summed E-state index contributed by atoms with van der Waals surface area (Å²) in [5.41, 5.74) is 9.76. The molecule has 4 aromatic rings.